The van der Waals surface area contributed by atoms with E-state index in [1.807, 2.05) is 30.3 Å². The van der Waals surface area contributed by atoms with E-state index in [0.29, 0.717) is 18.3 Å². The Kier molecular flexibility index (Phi) is 3.83. The average molecular weight is 277 g/mol. The maximum atomic E-state index is 12.3. The van der Waals surface area contributed by atoms with Crippen LogP contribution in [0.3, 0.4) is 0 Å². The number of alkyl halides is 2. The van der Waals surface area contributed by atoms with Crippen LogP contribution in [0.2, 0.25) is 0 Å². The Balaban J connectivity index is 1.91. The van der Waals surface area contributed by atoms with Gasteiger partial charge < -0.3 is 10.1 Å². The fourth-order valence-electron chi connectivity index (χ4n) is 2.32. The van der Waals surface area contributed by atoms with Crippen molar-refractivity contribution in [3.05, 3.63) is 42.0 Å². The van der Waals surface area contributed by atoms with Crippen molar-refractivity contribution in [2.75, 3.05) is 6.61 Å². The molecule has 1 fully saturated rings. The van der Waals surface area contributed by atoms with Gasteiger partial charge in [0.2, 0.25) is 0 Å². The first-order valence-electron chi connectivity index (χ1n) is 6.89. The summed E-state index contributed by atoms with van der Waals surface area (Å²) in [5, 5.41) is 5.59. The summed E-state index contributed by atoms with van der Waals surface area (Å²) in [6, 6.07) is 12.2. The molecule has 4 heteroatoms. The molecule has 0 radical (unpaired) electrons. The van der Waals surface area contributed by atoms with Crippen LogP contribution in [0.15, 0.2) is 36.4 Å². The van der Waals surface area contributed by atoms with Gasteiger partial charge in [0, 0.05) is 18.2 Å². The molecule has 2 aromatic carbocycles. The summed E-state index contributed by atoms with van der Waals surface area (Å²) >= 11 is 0. The van der Waals surface area contributed by atoms with Gasteiger partial charge in [0.25, 0.3) is 6.43 Å². The van der Waals surface area contributed by atoms with Crippen LogP contribution in [0.25, 0.3) is 10.8 Å². The molecule has 1 saturated carbocycles. The second kappa shape index (κ2) is 5.75. The Morgan fingerprint density at radius 1 is 1.15 bits per heavy atom. The SMILES string of the molecule is FC(F)COc1ccc2ccccc2c1CNC1CC1. The van der Waals surface area contributed by atoms with Crippen molar-refractivity contribution in [3.8, 4) is 5.75 Å². The van der Waals surface area contributed by atoms with E-state index < -0.39 is 13.0 Å². The van der Waals surface area contributed by atoms with Crippen LogP contribution >= 0.6 is 0 Å². The predicted molar refractivity (Wildman–Crippen MR) is 75.3 cm³/mol. The molecule has 20 heavy (non-hydrogen) atoms. The number of hydrogen-bond donors (Lipinski definition) is 1. The Labute approximate surface area is 116 Å². The van der Waals surface area contributed by atoms with Crippen LogP contribution < -0.4 is 10.1 Å². The van der Waals surface area contributed by atoms with Gasteiger partial charge in [-0.25, -0.2) is 8.78 Å². The Morgan fingerprint density at radius 3 is 2.70 bits per heavy atom. The van der Waals surface area contributed by atoms with Gasteiger partial charge in [-0.1, -0.05) is 30.3 Å². The summed E-state index contributed by atoms with van der Waals surface area (Å²) in [7, 11) is 0. The number of nitrogens with one attached hydrogen (secondary N) is 1. The van der Waals surface area contributed by atoms with Crippen LogP contribution in [0.1, 0.15) is 18.4 Å². The third-order valence-electron chi connectivity index (χ3n) is 3.51. The van der Waals surface area contributed by atoms with Gasteiger partial charge in [-0.05, 0) is 29.7 Å². The Morgan fingerprint density at radius 2 is 1.95 bits per heavy atom. The lowest BCUT2D eigenvalue weighted by atomic mass is 10.0. The van der Waals surface area contributed by atoms with E-state index in [-0.39, 0.29) is 0 Å². The number of fused-ring (bicyclic) bond motifs is 1. The summed E-state index contributed by atoms with van der Waals surface area (Å²) in [5.41, 5.74) is 0.968. The molecule has 106 valence electrons. The van der Waals surface area contributed by atoms with Crippen molar-refractivity contribution in [3.63, 3.8) is 0 Å². The lowest BCUT2D eigenvalue weighted by molar-refractivity contribution is 0.0814. The number of rotatable bonds is 6. The maximum absolute atomic E-state index is 12.3. The first kappa shape index (κ1) is 13.3. The molecular formula is C16H17F2NO. The van der Waals surface area contributed by atoms with Crippen molar-refractivity contribution in [2.24, 2.45) is 0 Å². The molecule has 0 aliphatic heterocycles. The molecule has 2 nitrogen and oxygen atoms in total. The predicted octanol–water partition coefficient (Wildman–Crippen LogP) is 3.74. The molecule has 0 spiro atoms. The molecule has 0 unspecified atom stereocenters. The molecule has 2 aromatic rings. The van der Waals surface area contributed by atoms with Gasteiger partial charge >= 0.3 is 0 Å². The van der Waals surface area contributed by atoms with E-state index >= 15 is 0 Å². The van der Waals surface area contributed by atoms with Crippen LogP contribution in [0.5, 0.6) is 5.75 Å². The molecule has 0 saturated heterocycles. The normalized spacial score (nSPS) is 14.9. The zero-order valence-electron chi connectivity index (χ0n) is 11.1. The highest BCUT2D eigenvalue weighted by molar-refractivity contribution is 5.87. The third-order valence-corrected chi connectivity index (χ3v) is 3.51. The van der Waals surface area contributed by atoms with Gasteiger partial charge in [-0.15, -0.1) is 0 Å². The highest BCUT2D eigenvalue weighted by atomic mass is 19.3. The zero-order chi connectivity index (χ0) is 13.9. The smallest absolute Gasteiger partial charge is 0.272 e. The molecule has 1 aliphatic carbocycles. The quantitative estimate of drug-likeness (QED) is 0.868. The summed E-state index contributed by atoms with van der Waals surface area (Å²) in [5.74, 6) is 0.553. The molecule has 1 aliphatic rings. The molecule has 0 aromatic heterocycles. The summed E-state index contributed by atoms with van der Waals surface area (Å²) in [4.78, 5) is 0. The van der Waals surface area contributed by atoms with Crippen LogP contribution in [0.4, 0.5) is 8.78 Å². The molecule has 0 amide bonds. The van der Waals surface area contributed by atoms with E-state index in [4.69, 9.17) is 4.74 Å². The summed E-state index contributed by atoms with van der Waals surface area (Å²) in [6.45, 7) is 0.0966. The molecule has 3 rings (SSSR count). The number of hydrogen-bond acceptors (Lipinski definition) is 2. The third kappa shape index (κ3) is 3.07. The van der Waals surface area contributed by atoms with Crippen molar-refractivity contribution >= 4 is 10.8 Å². The average Bonchev–Trinajstić information content (AvgIpc) is 3.27. The van der Waals surface area contributed by atoms with Crippen molar-refractivity contribution in [1.29, 1.82) is 0 Å². The van der Waals surface area contributed by atoms with E-state index in [9.17, 15) is 8.78 Å². The molecule has 0 bridgehead atoms. The molecule has 1 N–H and O–H groups in total. The standard InChI is InChI=1S/C16H17F2NO/c17-16(18)10-20-15-8-5-11-3-1-2-4-13(11)14(15)9-19-12-6-7-12/h1-5,8,12,16,19H,6-7,9-10H2. The second-order valence-corrected chi connectivity index (χ2v) is 5.12. The van der Waals surface area contributed by atoms with Crippen LogP contribution in [-0.4, -0.2) is 19.1 Å². The molecule has 0 heterocycles. The topological polar surface area (TPSA) is 21.3 Å². The minimum absolute atomic E-state index is 0.553. The van der Waals surface area contributed by atoms with Gasteiger partial charge in [0.05, 0.1) is 0 Å². The van der Waals surface area contributed by atoms with Crippen molar-refractivity contribution in [1.82, 2.24) is 5.32 Å². The van der Waals surface area contributed by atoms with Crippen LogP contribution in [-0.2, 0) is 6.54 Å². The zero-order valence-corrected chi connectivity index (χ0v) is 11.1. The van der Waals surface area contributed by atoms with Crippen LogP contribution in [0, 0.1) is 0 Å². The second-order valence-electron chi connectivity index (χ2n) is 5.12. The largest absolute Gasteiger partial charge is 0.487 e. The monoisotopic (exact) mass is 277 g/mol. The minimum atomic E-state index is -2.45. The summed E-state index contributed by atoms with van der Waals surface area (Å²) < 4.78 is 30.0. The number of ether oxygens (including phenoxy) is 1. The lowest BCUT2D eigenvalue weighted by Crippen LogP contribution is -2.17. The lowest BCUT2D eigenvalue weighted by Gasteiger charge is -2.14. The summed E-state index contributed by atoms with van der Waals surface area (Å²) in [6.07, 6.45) is -0.0681. The maximum Gasteiger partial charge on any atom is 0.272 e. The highest BCUT2D eigenvalue weighted by Crippen LogP contribution is 2.29. The van der Waals surface area contributed by atoms with E-state index in [1.54, 1.807) is 6.07 Å². The fourth-order valence-corrected chi connectivity index (χ4v) is 2.32. The number of benzene rings is 2. The van der Waals surface area contributed by atoms with E-state index in [1.165, 1.54) is 12.8 Å². The molecule has 0 atom stereocenters. The highest BCUT2D eigenvalue weighted by Gasteiger charge is 2.21. The first-order chi connectivity index (χ1) is 9.74. The van der Waals surface area contributed by atoms with Gasteiger partial charge in [0.15, 0.2) is 0 Å². The van der Waals surface area contributed by atoms with E-state index in [0.717, 1.165) is 16.3 Å². The van der Waals surface area contributed by atoms with Gasteiger partial charge in [0.1, 0.15) is 12.4 Å². The minimum Gasteiger partial charge on any atom is -0.487 e. The Bertz CT molecular complexity index is 596. The van der Waals surface area contributed by atoms with E-state index in [2.05, 4.69) is 5.32 Å². The first-order valence-corrected chi connectivity index (χ1v) is 6.89. The van der Waals surface area contributed by atoms with Crippen molar-refractivity contribution < 1.29 is 13.5 Å². The Hall–Kier alpha value is -1.68. The van der Waals surface area contributed by atoms with Gasteiger partial charge in [-0.2, -0.15) is 0 Å². The molecular weight excluding hydrogens is 260 g/mol. The van der Waals surface area contributed by atoms with Gasteiger partial charge in [-0.3, -0.25) is 0 Å². The fraction of sp³-hybridized carbons (Fsp3) is 0.375. The van der Waals surface area contributed by atoms with Crippen molar-refractivity contribution in [2.45, 2.75) is 31.9 Å². The number of halogens is 2.